The average Bonchev–Trinajstić information content (AvgIpc) is 3.86. The predicted octanol–water partition coefficient (Wildman–Crippen LogP) is 7.13. The molecule has 3 aromatic heterocycles. The molecule has 4 aromatic carbocycles. The number of rotatable bonds is 6. The number of aromatic nitrogens is 3. The standard InChI is InChI=1S/C25H20N2O4.C19H15NO4/c1-15-3-4-18(9-16(15)2)24(28)20-13-27(12-17-5-7-26-8-6-17)21-11-23-22(30-14-31-23)10-19(21)25(20)29;1-10-3-4-12(5-11(10)2)18(21)14-8-20-15-7-17-16(23-9-24-17)6-13(15)19(14)22/h3-11,13H,12,14H2,1-2H3;3-8H,9H2,1-2H3,(H,20,22). The summed E-state index contributed by atoms with van der Waals surface area (Å²) in [4.78, 5) is 59.3. The SMILES string of the molecule is Cc1ccc(C(=O)c2c[nH]c3cc4c(cc3c2=O)OCO4)cc1C.Cc1ccc(C(=O)c2cn(Cc3ccncc3)c3cc4c(cc3c2=O)OCO4)cc1C. The minimum atomic E-state index is -0.317. The second-order valence-corrected chi connectivity index (χ2v) is 13.6. The Morgan fingerprint density at radius 3 is 1.76 bits per heavy atom. The quantitative estimate of drug-likeness (QED) is 0.177. The lowest BCUT2D eigenvalue weighted by Gasteiger charge is -2.14. The molecule has 11 nitrogen and oxygen atoms in total. The van der Waals surface area contributed by atoms with E-state index in [9.17, 15) is 19.2 Å². The number of hydrogen-bond acceptors (Lipinski definition) is 9. The Morgan fingerprint density at radius 1 is 0.636 bits per heavy atom. The number of H-pyrrole nitrogens is 1. The summed E-state index contributed by atoms with van der Waals surface area (Å²) in [5.74, 6) is 1.62. The van der Waals surface area contributed by atoms with Crippen molar-refractivity contribution in [3.05, 3.63) is 168 Å². The van der Waals surface area contributed by atoms with Crippen molar-refractivity contribution in [3.63, 3.8) is 0 Å². The fourth-order valence-electron chi connectivity index (χ4n) is 6.61. The van der Waals surface area contributed by atoms with Gasteiger partial charge in [0.15, 0.2) is 34.6 Å². The van der Waals surface area contributed by atoms with Gasteiger partial charge < -0.3 is 28.5 Å². The molecule has 9 rings (SSSR count). The molecule has 0 unspecified atom stereocenters. The summed E-state index contributed by atoms with van der Waals surface area (Å²) in [6.07, 6.45) is 6.54. The van der Waals surface area contributed by atoms with Crippen LogP contribution in [0.1, 0.15) is 59.7 Å². The molecule has 0 fully saturated rings. The van der Waals surface area contributed by atoms with Crippen molar-refractivity contribution in [1.29, 1.82) is 0 Å². The van der Waals surface area contributed by atoms with Crippen molar-refractivity contribution < 1.29 is 28.5 Å². The van der Waals surface area contributed by atoms with Crippen molar-refractivity contribution in [1.82, 2.24) is 14.5 Å². The molecule has 11 heteroatoms. The van der Waals surface area contributed by atoms with E-state index in [2.05, 4.69) is 9.97 Å². The van der Waals surface area contributed by atoms with Crippen LogP contribution in [0.25, 0.3) is 21.8 Å². The number of nitrogens with zero attached hydrogens (tertiary/aromatic N) is 2. The normalized spacial score (nSPS) is 12.4. The summed E-state index contributed by atoms with van der Waals surface area (Å²) in [5.41, 5.74) is 7.13. The Labute approximate surface area is 314 Å². The van der Waals surface area contributed by atoms with Gasteiger partial charge >= 0.3 is 0 Å². The van der Waals surface area contributed by atoms with Gasteiger partial charge in [-0.2, -0.15) is 0 Å². The molecule has 0 spiro atoms. The third-order valence-corrected chi connectivity index (χ3v) is 10.1. The van der Waals surface area contributed by atoms with Gasteiger partial charge in [0.1, 0.15) is 0 Å². The zero-order chi connectivity index (χ0) is 38.4. The Kier molecular flexibility index (Phi) is 8.98. The highest BCUT2D eigenvalue weighted by molar-refractivity contribution is 6.11. The molecule has 274 valence electrons. The first kappa shape index (κ1) is 35.0. The number of benzene rings is 4. The molecule has 0 radical (unpaired) electrons. The van der Waals surface area contributed by atoms with Crippen molar-refractivity contribution in [3.8, 4) is 23.0 Å². The van der Waals surface area contributed by atoms with Crippen molar-refractivity contribution in [2.45, 2.75) is 34.2 Å². The van der Waals surface area contributed by atoms with Crippen LogP contribution >= 0.6 is 0 Å². The number of aryl methyl sites for hydroxylation is 4. The lowest BCUT2D eigenvalue weighted by molar-refractivity contribution is 0.102. The molecule has 0 atom stereocenters. The Bertz CT molecular complexity index is 2820. The maximum absolute atomic E-state index is 13.4. The largest absolute Gasteiger partial charge is 0.454 e. The van der Waals surface area contributed by atoms with Gasteiger partial charge in [0.05, 0.1) is 32.9 Å². The first-order valence-corrected chi connectivity index (χ1v) is 17.6. The Hall–Kier alpha value is -7.01. The zero-order valence-corrected chi connectivity index (χ0v) is 30.5. The number of nitrogens with one attached hydrogen (secondary N) is 1. The molecule has 1 N–H and O–H groups in total. The molecular weight excluding hydrogens is 698 g/mol. The van der Waals surface area contributed by atoms with E-state index in [1.165, 1.54) is 6.20 Å². The predicted molar refractivity (Wildman–Crippen MR) is 207 cm³/mol. The van der Waals surface area contributed by atoms with Crippen LogP contribution in [0.5, 0.6) is 23.0 Å². The van der Waals surface area contributed by atoms with Gasteiger partial charge in [0.2, 0.25) is 24.4 Å². The molecule has 2 aliphatic rings. The minimum absolute atomic E-state index is 0.110. The number of ether oxygens (including phenoxy) is 4. The van der Waals surface area contributed by atoms with E-state index >= 15 is 0 Å². The van der Waals surface area contributed by atoms with Crippen LogP contribution in [0.3, 0.4) is 0 Å². The monoisotopic (exact) mass is 733 g/mol. The summed E-state index contributed by atoms with van der Waals surface area (Å²) in [7, 11) is 0. The number of ketones is 2. The molecule has 0 bridgehead atoms. The van der Waals surface area contributed by atoms with Crippen molar-refractivity contribution in [2.24, 2.45) is 0 Å². The molecule has 0 saturated heterocycles. The average molecular weight is 734 g/mol. The van der Waals surface area contributed by atoms with Crippen LogP contribution in [0.2, 0.25) is 0 Å². The van der Waals surface area contributed by atoms with Crippen LogP contribution in [-0.4, -0.2) is 39.7 Å². The number of carbonyl (C=O) groups excluding carboxylic acids is 2. The number of pyridine rings is 3. The smallest absolute Gasteiger partial charge is 0.231 e. The number of aromatic amines is 1. The molecule has 55 heavy (non-hydrogen) atoms. The number of fused-ring (bicyclic) bond motifs is 4. The summed E-state index contributed by atoms with van der Waals surface area (Å²) in [5, 5.41) is 0.835. The van der Waals surface area contributed by atoms with E-state index in [0.29, 0.717) is 62.5 Å². The molecule has 7 aromatic rings. The zero-order valence-electron chi connectivity index (χ0n) is 30.5. The summed E-state index contributed by atoms with van der Waals surface area (Å²) >= 11 is 0. The molecular formula is C44H35N3O8. The summed E-state index contributed by atoms with van der Waals surface area (Å²) < 4.78 is 23.5. The van der Waals surface area contributed by atoms with E-state index < -0.39 is 0 Å². The van der Waals surface area contributed by atoms with Gasteiger partial charge in [0, 0.05) is 54.6 Å². The van der Waals surface area contributed by atoms with Crippen molar-refractivity contribution >= 4 is 33.4 Å². The van der Waals surface area contributed by atoms with Crippen LogP contribution in [0, 0.1) is 27.7 Å². The Morgan fingerprint density at radius 2 is 1.16 bits per heavy atom. The molecule has 0 amide bonds. The van der Waals surface area contributed by atoms with E-state index in [-0.39, 0.29) is 47.1 Å². The van der Waals surface area contributed by atoms with Crippen LogP contribution in [0.4, 0.5) is 0 Å². The van der Waals surface area contributed by atoms with Gasteiger partial charge in [-0.1, -0.05) is 24.3 Å². The van der Waals surface area contributed by atoms with Gasteiger partial charge in [0.25, 0.3) is 0 Å². The minimum Gasteiger partial charge on any atom is -0.454 e. The van der Waals surface area contributed by atoms with Gasteiger partial charge in [-0.25, -0.2) is 0 Å². The van der Waals surface area contributed by atoms with Crippen LogP contribution in [0.15, 0.2) is 107 Å². The molecule has 0 saturated carbocycles. The highest BCUT2D eigenvalue weighted by atomic mass is 16.7. The maximum atomic E-state index is 13.4. The van der Waals surface area contributed by atoms with E-state index in [0.717, 1.165) is 27.8 Å². The van der Waals surface area contributed by atoms with Gasteiger partial charge in [-0.05, 0) is 91.9 Å². The third kappa shape index (κ3) is 6.61. The maximum Gasteiger partial charge on any atom is 0.231 e. The summed E-state index contributed by atoms with van der Waals surface area (Å²) in [6.45, 7) is 8.59. The fraction of sp³-hybridized carbons (Fsp3) is 0.159. The fourth-order valence-corrected chi connectivity index (χ4v) is 6.61. The molecule has 5 heterocycles. The number of hydrogen-bond donors (Lipinski definition) is 1. The second-order valence-electron chi connectivity index (χ2n) is 13.6. The van der Waals surface area contributed by atoms with E-state index in [1.54, 1.807) is 61.1 Å². The lowest BCUT2D eigenvalue weighted by Crippen LogP contribution is -2.20. The first-order chi connectivity index (χ1) is 26.5. The van der Waals surface area contributed by atoms with Crippen LogP contribution < -0.4 is 29.8 Å². The Balaban J connectivity index is 0.000000160. The molecule has 2 aliphatic heterocycles. The van der Waals surface area contributed by atoms with E-state index in [4.69, 9.17) is 18.9 Å². The second kappa shape index (κ2) is 14.1. The van der Waals surface area contributed by atoms with Crippen molar-refractivity contribution in [2.75, 3.05) is 13.6 Å². The van der Waals surface area contributed by atoms with E-state index in [1.807, 2.05) is 62.6 Å². The highest BCUT2D eigenvalue weighted by Crippen LogP contribution is 2.36. The highest BCUT2D eigenvalue weighted by Gasteiger charge is 2.23. The first-order valence-electron chi connectivity index (χ1n) is 17.6. The topological polar surface area (TPSA) is 139 Å². The molecule has 0 aliphatic carbocycles. The van der Waals surface area contributed by atoms with Crippen LogP contribution in [-0.2, 0) is 6.54 Å². The van der Waals surface area contributed by atoms with Gasteiger partial charge in [-0.15, -0.1) is 0 Å². The number of carbonyl (C=O) groups is 2. The summed E-state index contributed by atoms with van der Waals surface area (Å²) in [6, 6.07) is 21.5. The third-order valence-electron chi connectivity index (χ3n) is 10.1. The van der Waals surface area contributed by atoms with Gasteiger partial charge in [-0.3, -0.25) is 24.2 Å². The lowest BCUT2D eigenvalue weighted by atomic mass is 9.98.